The molecule has 2 aromatic carbocycles. The number of rotatable bonds is 8. The second-order valence-electron chi connectivity index (χ2n) is 9.19. The van der Waals surface area contributed by atoms with Gasteiger partial charge in [-0.3, -0.25) is 4.79 Å². The van der Waals surface area contributed by atoms with Crippen LogP contribution in [0.2, 0.25) is 0 Å². The van der Waals surface area contributed by atoms with Crippen molar-refractivity contribution in [2.24, 2.45) is 5.92 Å². The van der Waals surface area contributed by atoms with Crippen molar-refractivity contribution in [1.29, 1.82) is 0 Å². The Hall–Kier alpha value is -2.13. The fourth-order valence-electron chi connectivity index (χ4n) is 4.92. The molecule has 30 heavy (non-hydrogen) atoms. The van der Waals surface area contributed by atoms with Crippen LogP contribution in [0.25, 0.3) is 0 Å². The zero-order valence-corrected chi connectivity index (χ0v) is 19.0. The zero-order valence-electron chi connectivity index (χ0n) is 19.0. The van der Waals surface area contributed by atoms with E-state index < -0.39 is 0 Å². The maximum Gasteiger partial charge on any atom is 0.222 e. The van der Waals surface area contributed by atoms with E-state index in [9.17, 15) is 4.79 Å². The molecule has 3 atom stereocenters. The lowest BCUT2D eigenvalue weighted by Crippen LogP contribution is -2.38. The largest absolute Gasteiger partial charge is 0.376 e. The lowest BCUT2D eigenvalue weighted by Gasteiger charge is -2.40. The minimum atomic E-state index is -0.0772. The van der Waals surface area contributed by atoms with Crippen LogP contribution in [0, 0.1) is 5.92 Å². The zero-order chi connectivity index (χ0) is 21.6. The number of nitrogens with zero attached hydrogens (tertiary/aromatic N) is 1. The minimum absolute atomic E-state index is 0.0772. The van der Waals surface area contributed by atoms with Gasteiger partial charge in [0.15, 0.2) is 0 Å². The summed E-state index contributed by atoms with van der Waals surface area (Å²) in [6, 6.07) is 21.3. The third-order valence-corrected chi connectivity index (χ3v) is 6.59. The topological polar surface area (TPSA) is 29.5 Å². The molecule has 162 valence electrons. The maximum absolute atomic E-state index is 12.9. The van der Waals surface area contributed by atoms with Crippen molar-refractivity contribution in [1.82, 2.24) is 4.90 Å². The number of hydrogen-bond acceptors (Lipinski definition) is 2. The molecule has 0 radical (unpaired) electrons. The van der Waals surface area contributed by atoms with Gasteiger partial charge in [0.1, 0.15) is 0 Å². The summed E-state index contributed by atoms with van der Waals surface area (Å²) in [5, 5.41) is 0. The van der Waals surface area contributed by atoms with Crippen LogP contribution in [0.5, 0.6) is 0 Å². The molecular formula is C27H37NO2. The van der Waals surface area contributed by atoms with E-state index in [0.29, 0.717) is 18.3 Å². The highest BCUT2D eigenvalue weighted by molar-refractivity contribution is 5.76. The summed E-state index contributed by atoms with van der Waals surface area (Å²) in [6.45, 7) is 10.1. The van der Waals surface area contributed by atoms with E-state index >= 15 is 0 Å². The second kappa shape index (κ2) is 10.3. The van der Waals surface area contributed by atoms with Crippen molar-refractivity contribution in [3.63, 3.8) is 0 Å². The van der Waals surface area contributed by atoms with Crippen LogP contribution < -0.4 is 0 Å². The molecule has 3 nitrogen and oxygen atoms in total. The lowest BCUT2D eigenvalue weighted by atomic mass is 9.75. The van der Waals surface area contributed by atoms with Crippen LogP contribution in [0.4, 0.5) is 0 Å². The highest BCUT2D eigenvalue weighted by atomic mass is 16.5. The Bertz CT molecular complexity index is 787. The monoisotopic (exact) mass is 407 g/mol. The molecule has 1 heterocycles. The molecule has 0 bridgehead atoms. The standard InChI is InChI=1S/C27H37NO2/c1-5-26(29)28(21(2)22-12-8-6-9-13-22)18-16-25(23-14-10-7-11-15-23)24-17-19-30-27(3,4)20-24/h6-15,21,24-25H,5,16-20H2,1-4H3/t21-,24-,25+/m1/s1. The molecule has 1 aliphatic rings. The van der Waals surface area contributed by atoms with Crippen molar-refractivity contribution in [2.45, 2.75) is 70.9 Å². The molecule has 0 aliphatic carbocycles. The highest BCUT2D eigenvalue weighted by Crippen LogP contribution is 2.40. The summed E-state index contributed by atoms with van der Waals surface area (Å²) in [7, 11) is 0. The van der Waals surface area contributed by atoms with Gasteiger partial charge in [-0.2, -0.15) is 0 Å². The number of benzene rings is 2. The first-order chi connectivity index (χ1) is 14.4. The molecule has 0 saturated carbocycles. The Morgan fingerprint density at radius 3 is 2.23 bits per heavy atom. The van der Waals surface area contributed by atoms with E-state index in [0.717, 1.165) is 32.4 Å². The Labute approximate surface area is 182 Å². The van der Waals surface area contributed by atoms with Gasteiger partial charge >= 0.3 is 0 Å². The Balaban J connectivity index is 1.81. The van der Waals surface area contributed by atoms with Crippen LogP contribution in [0.15, 0.2) is 60.7 Å². The summed E-state index contributed by atoms with van der Waals surface area (Å²) in [4.78, 5) is 14.9. The molecule has 1 aliphatic heterocycles. The number of ether oxygens (including phenoxy) is 1. The molecule has 2 aromatic rings. The first-order valence-electron chi connectivity index (χ1n) is 11.4. The molecule has 0 unspecified atom stereocenters. The van der Waals surface area contributed by atoms with Gasteiger partial charge in [-0.05, 0) is 63.0 Å². The average Bonchev–Trinajstić information content (AvgIpc) is 2.76. The molecule has 1 saturated heterocycles. The van der Waals surface area contributed by atoms with Gasteiger partial charge < -0.3 is 9.64 Å². The second-order valence-corrected chi connectivity index (χ2v) is 9.19. The van der Waals surface area contributed by atoms with Crippen LogP contribution in [-0.4, -0.2) is 29.6 Å². The van der Waals surface area contributed by atoms with Crippen LogP contribution in [0.1, 0.15) is 76.5 Å². The summed E-state index contributed by atoms with van der Waals surface area (Å²) >= 11 is 0. The molecule has 0 spiro atoms. The van der Waals surface area contributed by atoms with Crippen molar-refractivity contribution in [3.05, 3.63) is 71.8 Å². The van der Waals surface area contributed by atoms with Crippen molar-refractivity contribution < 1.29 is 9.53 Å². The smallest absolute Gasteiger partial charge is 0.222 e. The quantitative estimate of drug-likeness (QED) is 0.509. The van der Waals surface area contributed by atoms with Crippen molar-refractivity contribution in [2.75, 3.05) is 13.2 Å². The van der Waals surface area contributed by atoms with E-state index in [2.05, 4.69) is 80.3 Å². The minimum Gasteiger partial charge on any atom is -0.376 e. The summed E-state index contributed by atoms with van der Waals surface area (Å²) in [5.74, 6) is 1.23. The van der Waals surface area contributed by atoms with Gasteiger partial charge in [0, 0.05) is 19.6 Å². The molecule has 1 amide bonds. The molecule has 0 N–H and O–H groups in total. The van der Waals surface area contributed by atoms with Crippen LogP contribution in [-0.2, 0) is 9.53 Å². The fraction of sp³-hybridized carbons (Fsp3) is 0.519. The number of amides is 1. The third kappa shape index (κ3) is 5.72. The van der Waals surface area contributed by atoms with E-state index in [1.807, 2.05) is 13.0 Å². The maximum atomic E-state index is 12.9. The third-order valence-electron chi connectivity index (χ3n) is 6.59. The number of carbonyl (C=O) groups is 1. The Kier molecular flexibility index (Phi) is 7.71. The normalized spacial score (nSPS) is 20.3. The number of hydrogen-bond donors (Lipinski definition) is 0. The first-order valence-corrected chi connectivity index (χ1v) is 11.4. The van der Waals surface area contributed by atoms with Crippen LogP contribution in [0.3, 0.4) is 0 Å². The van der Waals surface area contributed by atoms with Gasteiger partial charge in [-0.25, -0.2) is 0 Å². The summed E-state index contributed by atoms with van der Waals surface area (Å²) < 4.78 is 5.99. The predicted octanol–water partition coefficient (Wildman–Crippen LogP) is 6.37. The SMILES string of the molecule is CCC(=O)N(CC[C@@H](c1ccccc1)[C@@H]1CCOC(C)(C)C1)[C@H](C)c1ccccc1. The molecule has 1 fully saturated rings. The molecule has 3 heteroatoms. The summed E-state index contributed by atoms with van der Waals surface area (Å²) in [6.07, 6.45) is 3.66. The predicted molar refractivity (Wildman–Crippen MR) is 123 cm³/mol. The van der Waals surface area contributed by atoms with Gasteiger partial charge in [0.05, 0.1) is 11.6 Å². The average molecular weight is 408 g/mol. The molecular weight excluding hydrogens is 370 g/mol. The highest BCUT2D eigenvalue weighted by Gasteiger charge is 2.34. The van der Waals surface area contributed by atoms with Gasteiger partial charge in [-0.1, -0.05) is 67.6 Å². The van der Waals surface area contributed by atoms with Crippen LogP contribution >= 0.6 is 0 Å². The van der Waals surface area contributed by atoms with E-state index in [1.165, 1.54) is 11.1 Å². The van der Waals surface area contributed by atoms with Crippen molar-refractivity contribution >= 4 is 5.91 Å². The van der Waals surface area contributed by atoms with E-state index in [4.69, 9.17) is 4.74 Å². The van der Waals surface area contributed by atoms with Crippen molar-refractivity contribution in [3.8, 4) is 0 Å². The first kappa shape index (κ1) is 22.6. The fourth-order valence-corrected chi connectivity index (χ4v) is 4.92. The lowest BCUT2D eigenvalue weighted by molar-refractivity contribution is -0.133. The van der Waals surface area contributed by atoms with Gasteiger partial charge in [0.25, 0.3) is 0 Å². The van der Waals surface area contributed by atoms with Gasteiger partial charge in [-0.15, -0.1) is 0 Å². The Morgan fingerprint density at radius 1 is 1.07 bits per heavy atom. The van der Waals surface area contributed by atoms with Gasteiger partial charge in [0.2, 0.25) is 5.91 Å². The Morgan fingerprint density at radius 2 is 1.67 bits per heavy atom. The molecule has 0 aromatic heterocycles. The van der Waals surface area contributed by atoms with E-state index in [1.54, 1.807) is 0 Å². The summed E-state index contributed by atoms with van der Waals surface area (Å²) in [5.41, 5.74) is 2.51. The molecule has 3 rings (SSSR count). The number of carbonyl (C=O) groups excluding carboxylic acids is 1. The van der Waals surface area contributed by atoms with E-state index in [-0.39, 0.29) is 17.6 Å².